The molecule has 0 saturated carbocycles. The molecule has 11 heavy (non-hydrogen) atoms. The summed E-state index contributed by atoms with van der Waals surface area (Å²) in [4.78, 5) is 11.1. The van der Waals surface area contributed by atoms with Gasteiger partial charge in [0.2, 0.25) is 5.91 Å². The lowest BCUT2D eigenvalue weighted by Gasteiger charge is -2.14. The van der Waals surface area contributed by atoms with Crippen molar-refractivity contribution in [3.05, 3.63) is 0 Å². The summed E-state index contributed by atoms with van der Waals surface area (Å²) in [5, 5.41) is 2.67. The molecule has 0 aliphatic carbocycles. The molecule has 0 aromatic heterocycles. The van der Waals surface area contributed by atoms with Gasteiger partial charge in [0.25, 0.3) is 0 Å². The fourth-order valence-corrected chi connectivity index (χ4v) is 0.595. The van der Waals surface area contributed by atoms with E-state index in [1.807, 2.05) is 6.92 Å². The van der Waals surface area contributed by atoms with E-state index < -0.39 is 0 Å². The second kappa shape index (κ2) is 5.09. The van der Waals surface area contributed by atoms with Gasteiger partial charge in [-0.05, 0) is 6.92 Å². The second-order valence-corrected chi connectivity index (χ2v) is 2.73. The fourth-order valence-electron chi connectivity index (χ4n) is 0.595. The average Bonchev–Trinajstić information content (AvgIpc) is 1.98. The molecule has 0 aliphatic rings. The Morgan fingerprint density at radius 3 is 2.45 bits per heavy atom. The Balaban J connectivity index is 3.64. The van der Waals surface area contributed by atoms with E-state index in [9.17, 15) is 4.79 Å². The Labute approximate surface area is 67.3 Å². The van der Waals surface area contributed by atoms with E-state index in [2.05, 4.69) is 5.32 Å². The summed E-state index contributed by atoms with van der Waals surface area (Å²) in [7, 11) is 0. The van der Waals surface area contributed by atoms with E-state index in [-0.39, 0.29) is 17.9 Å². The van der Waals surface area contributed by atoms with Crippen LogP contribution in [0.2, 0.25) is 0 Å². The van der Waals surface area contributed by atoms with Gasteiger partial charge < -0.3 is 16.8 Å². The molecule has 4 nitrogen and oxygen atoms in total. The summed E-state index contributed by atoms with van der Waals surface area (Å²) < 4.78 is 0. The molecule has 0 radical (unpaired) electrons. The topological polar surface area (TPSA) is 81.1 Å². The normalized spacial score (nSPS) is 15.6. The smallest absolute Gasteiger partial charge is 0.224 e. The van der Waals surface area contributed by atoms with Gasteiger partial charge in [-0.15, -0.1) is 0 Å². The number of rotatable bonds is 4. The number of nitrogens with two attached hydrogens (primary N) is 2. The minimum Gasteiger partial charge on any atom is -0.355 e. The van der Waals surface area contributed by atoms with Crippen molar-refractivity contribution in [2.45, 2.75) is 19.9 Å². The molecule has 66 valence electrons. The van der Waals surface area contributed by atoms with E-state index in [1.165, 1.54) is 0 Å². The van der Waals surface area contributed by atoms with Gasteiger partial charge >= 0.3 is 0 Å². The molecule has 0 saturated heterocycles. The van der Waals surface area contributed by atoms with E-state index in [0.29, 0.717) is 13.1 Å². The van der Waals surface area contributed by atoms with Crippen LogP contribution in [0.1, 0.15) is 13.8 Å². The van der Waals surface area contributed by atoms with Crippen molar-refractivity contribution in [2.24, 2.45) is 17.4 Å². The lowest BCUT2D eigenvalue weighted by atomic mass is 10.0. The lowest BCUT2D eigenvalue weighted by Crippen LogP contribution is -2.40. The number of amides is 1. The van der Waals surface area contributed by atoms with E-state index in [0.717, 1.165) is 0 Å². The Hall–Kier alpha value is -0.610. The lowest BCUT2D eigenvalue weighted by molar-refractivity contribution is -0.124. The summed E-state index contributed by atoms with van der Waals surface area (Å²) in [5.41, 5.74) is 10.7. The Morgan fingerprint density at radius 2 is 2.09 bits per heavy atom. The largest absolute Gasteiger partial charge is 0.355 e. The van der Waals surface area contributed by atoms with Crippen LogP contribution in [0, 0.1) is 5.92 Å². The first-order chi connectivity index (χ1) is 5.09. The zero-order valence-electron chi connectivity index (χ0n) is 7.13. The third kappa shape index (κ3) is 3.95. The molecule has 0 aromatic rings. The van der Waals surface area contributed by atoms with Crippen molar-refractivity contribution in [1.29, 1.82) is 0 Å². The van der Waals surface area contributed by atoms with Crippen LogP contribution in [-0.4, -0.2) is 25.0 Å². The molecular formula is C7H17N3O. The van der Waals surface area contributed by atoms with Gasteiger partial charge in [-0.2, -0.15) is 0 Å². The molecule has 0 aliphatic heterocycles. The first kappa shape index (κ1) is 10.4. The van der Waals surface area contributed by atoms with Crippen LogP contribution in [0.5, 0.6) is 0 Å². The van der Waals surface area contributed by atoms with Gasteiger partial charge in [0, 0.05) is 25.0 Å². The maximum atomic E-state index is 11.1. The van der Waals surface area contributed by atoms with Crippen LogP contribution in [0.4, 0.5) is 0 Å². The number of hydrogen-bond donors (Lipinski definition) is 3. The van der Waals surface area contributed by atoms with Crippen molar-refractivity contribution in [1.82, 2.24) is 5.32 Å². The Kier molecular flexibility index (Phi) is 4.81. The van der Waals surface area contributed by atoms with Gasteiger partial charge in [-0.25, -0.2) is 0 Å². The zero-order valence-corrected chi connectivity index (χ0v) is 7.13. The standard InChI is InChI=1S/C7H17N3O/c1-5(6(2)9)7(11)10-4-3-8/h5-6H,3-4,8-9H2,1-2H3,(H,10,11). The quantitative estimate of drug-likeness (QED) is 0.494. The highest BCUT2D eigenvalue weighted by Gasteiger charge is 2.15. The maximum Gasteiger partial charge on any atom is 0.224 e. The van der Waals surface area contributed by atoms with Crippen molar-refractivity contribution in [3.8, 4) is 0 Å². The molecule has 0 aromatic carbocycles. The van der Waals surface area contributed by atoms with Crippen molar-refractivity contribution in [2.75, 3.05) is 13.1 Å². The number of nitrogens with one attached hydrogen (secondary N) is 1. The Morgan fingerprint density at radius 1 is 1.55 bits per heavy atom. The number of carbonyl (C=O) groups is 1. The van der Waals surface area contributed by atoms with Crippen molar-refractivity contribution >= 4 is 5.91 Å². The molecule has 0 heterocycles. The molecule has 1 amide bonds. The minimum absolute atomic E-state index is 0.0227. The predicted octanol–water partition coefficient (Wildman–Crippen LogP) is -0.955. The fraction of sp³-hybridized carbons (Fsp3) is 0.857. The molecule has 5 N–H and O–H groups in total. The molecule has 0 bridgehead atoms. The Bertz CT molecular complexity index is 125. The van der Waals surface area contributed by atoms with Crippen LogP contribution in [-0.2, 0) is 4.79 Å². The summed E-state index contributed by atoms with van der Waals surface area (Å²) in [5.74, 6) is -0.160. The molecule has 0 spiro atoms. The summed E-state index contributed by atoms with van der Waals surface area (Å²) in [6, 6.07) is -0.104. The number of hydrogen-bond acceptors (Lipinski definition) is 3. The van der Waals surface area contributed by atoms with Crippen LogP contribution in [0.25, 0.3) is 0 Å². The molecule has 0 fully saturated rings. The summed E-state index contributed by atoms with van der Waals surface area (Å²) in [6.07, 6.45) is 0. The van der Waals surface area contributed by atoms with Gasteiger partial charge in [0.05, 0.1) is 0 Å². The van der Waals surface area contributed by atoms with Crippen LogP contribution in [0.15, 0.2) is 0 Å². The highest BCUT2D eigenvalue weighted by molar-refractivity contribution is 5.78. The number of carbonyl (C=O) groups excluding carboxylic acids is 1. The van der Waals surface area contributed by atoms with Gasteiger partial charge in [-0.3, -0.25) is 4.79 Å². The maximum absolute atomic E-state index is 11.1. The first-order valence-electron chi connectivity index (χ1n) is 3.83. The average molecular weight is 159 g/mol. The SMILES string of the molecule is CC(N)C(C)C(=O)NCCN. The van der Waals surface area contributed by atoms with E-state index in [1.54, 1.807) is 6.92 Å². The second-order valence-electron chi connectivity index (χ2n) is 2.73. The molecule has 2 unspecified atom stereocenters. The molecular weight excluding hydrogens is 142 g/mol. The first-order valence-corrected chi connectivity index (χ1v) is 3.83. The molecule has 4 heteroatoms. The minimum atomic E-state index is -0.137. The van der Waals surface area contributed by atoms with E-state index in [4.69, 9.17) is 11.5 Å². The highest BCUT2D eigenvalue weighted by atomic mass is 16.1. The van der Waals surface area contributed by atoms with Crippen LogP contribution >= 0.6 is 0 Å². The third-order valence-electron chi connectivity index (χ3n) is 1.65. The van der Waals surface area contributed by atoms with Crippen molar-refractivity contribution < 1.29 is 4.79 Å². The van der Waals surface area contributed by atoms with Crippen LogP contribution in [0.3, 0.4) is 0 Å². The zero-order chi connectivity index (χ0) is 8.85. The summed E-state index contributed by atoms with van der Waals surface area (Å²) in [6.45, 7) is 4.61. The molecule has 2 atom stereocenters. The van der Waals surface area contributed by atoms with Crippen molar-refractivity contribution in [3.63, 3.8) is 0 Å². The molecule has 0 rings (SSSR count). The van der Waals surface area contributed by atoms with Gasteiger partial charge in [0.1, 0.15) is 0 Å². The summed E-state index contributed by atoms with van der Waals surface area (Å²) >= 11 is 0. The third-order valence-corrected chi connectivity index (χ3v) is 1.65. The van der Waals surface area contributed by atoms with Gasteiger partial charge in [-0.1, -0.05) is 6.92 Å². The van der Waals surface area contributed by atoms with Crippen LogP contribution < -0.4 is 16.8 Å². The predicted molar refractivity (Wildman–Crippen MR) is 44.9 cm³/mol. The highest BCUT2D eigenvalue weighted by Crippen LogP contribution is 1.98. The van der Waals surface area contributed by atoms with E-state index >= 15 is 0 Å². The van der Waals surface area contributed by atoms with Gasteiger partial charge in [0.15, 0.2) is 0 Å². The monoisotopic (exact) mass is 159 g/mol.